The van der Waals surface area contributed by atoms with Crippen LogP contribution >= 0.6 is 24.0 Å². The Morgan fingerprint density at radius 3 is 2.75 bits per heavy atom. The normalized spacial score (nSPS) is 14.3. The fraction of sp³-hybridized carbons (Fsp3) is 0.611. The summed E-state index contributed by atoms with van der Waals surface area (Å²) in [6, 6.07) is 8.71. The molecule has 0 atom stereocenters. The topological polar surface area (TPSA) is 40.1 Å². The van der Waals surface area contributed by atoms with Gasteiger partial charge in [0.25, 0.3) is 0 Å². The molecule has 136 valence electrons. The van der Waals surface area contributed by atoms with Crippen LogP contribution in [0.25, 0.3) is 0 Å². The molecule has 1 heterocycles. The number of aliphatic imine (C=N–C) groups is 1. The Morgan fingerprint density at radius 1 is 1.29 bits per heavy atom. The maximum atomic E-state index is 5.11. The van der Waals surface area contributed by atoms with E-state index in [1.807, 2.05) is 0 Å². The minimum atomic E-state index is 0. The van der Waals surface area contributed by atoms with Crippen molar-refractivity contribution >= 4 is 29.9 Å². The van der Waals surface area contributed by atoms with Crippen molar-refractivity contribution in [2.45, 2.75) is 19.9 Å². The Labute approximate surface area is 163 Å². The molecule has 1 aromatic carbocycles. The monoisotopic (exact) mass is 446 g/mol. The number of benzene rings is 1. The molecule has 1 aromatic rings. The number of rotatable bonds is 7. The van der Waals surface area contributed by atoms with E-state index < -0.39 is 0 Å². The maximum Gasteiger partial charge on any atom is 0.194 e. The predicted octanol–water partition coefficient (Wildman–Crippen LogP) is 2.21. The molecule has 0 saturated heterocycles. The summed E-state index contributed by atoms with van der Waals surface area (Å²) in [4.78, 5) is 9.42. The van der Waals surface area contributed by atoms with Gasteiger partial charge < -0.3 is 19.9 Å². The van der Waals surface area contributed by atoms with E-state index in [9.17, 15) is 0 Å². The van der Waals surface area contributed by atoms with Crippen molar-refractivity contribution in [2.24, 2.45) is 4.99 Å². The first-order valence-electron chi connectivity index (χ1n) is 8.52. The van der Waals surface area contributed by atoms with Gasteiger partial charge >= 0.3 is 0 Å². The number of hydrogen-bond acceptors (Lipinski definition) is 3. The van der Waals surface area contributed by atoms with Crippen LogP contribution in [-0.2, 0) is 17.7 Å². The number of nitrogens with one attached hydrogen (secondary N) is 1. The molecule has 24 heavy (non-hydrogen) atoms. The number of guanidine groups is 1. The number of fused-ring (bicyclic) bond motifs is 1. The van der Waals surface area contributed by atoms with Gasteiger partial charge in [0.1, 0.15) is 0 Å². The van der Waals surface area contributed by atoms with Crippen molar-refractivity contribution < 1.29 is 4.74 Å². The van der Waals surface area contributed by atoms with E-state index in [0.29, 0.717) is 0 Å². The third kappa shape index (κ3) is 6.57. The summed E-state index contributed by atoms with van der Waals surface area (Å²) in [5, 5.41) is 3.43. The zero-order valence-corrected chi connectivity index (χ0v) is 17.5. The van der Waals surface area contributed by atoms with E-state index in [0.717, 1.165) is 58.3 Å². The van der Waals surface area contributed by atoms with Crippen molar-refractivity contribution in [3.8, 4) is 0 Å². The van der Waals surface area contributed by atoms with Gasteiger partial charge in [-0.2, -0.15) is 0 Å². The fourth-order valence-corrected chi connectivity index (χ4v) is 2.79. The second-order valence-electron chi connectivity index (χ2n) is 5.97. The minimum Gasteiger partial charge on any atom is -0.383 e. The minimum absolute atomic E-state index is 0. The van der Waals surface area contributed by atoms with Crippen molar-refractivity contribution in [1.82, 2.24) is 15.1 Å². The summed E-state index contributed by atoms with van der Waals surface area (Å²) in [5.74, 6) is 1.03. The van der Waals surface area contributed by atoms with Gasteiger partial charge in [0.05, 0.1) is 13.2 Å². The van der Waals surface area contributed by atoms with Crippen LogP contribution in [0.4, 0.5) is 0 Å². The number of methoxy groups -OCH3 is 1. The van der Waals surface area contributed by atoms with Crippen LogP contribution in [0.2, 0.25) is 0 Å². The standard InChI is InChI=1S/C18H30N4O.HI/c1-4-19-18(20-10-12-21(2)13-14-23-3)22-11-9-16-7-5-6-8-17(16)15-22;/h5-8H,4,9-15H2,1-3H3,(H,19,20);1H. The molecule has 5 nitrogen and oxygen atoms in total. The van der Waals surface area contributed by atoms with Crippen molar-refractivity contribution in [2.75, 3.05) is 53.5 Å². The third-order valence-corrected chi connectivity index (χ3v) is 4.19. The van der Waals surface area contributed by atoms with Crippen LogP contribution in [0.3, 0.4) is 0 Å². The fourth-order valence-electron chi connectivity index (χ4n) is 2.79. The molecule has 1 aliphatic heterocycles. The van der Waals surface area contributed by atoms with Gasteiger partial charge in [0.15, 0.2) is 5.96 Å². The third-order valence-electron chi connectivity index (χ3n) is 4.19. The summed E-state index contributed by atoms with van der Waals surface area (Å²) >= 11 is 0. The summed E-state index contributed by atoms with van der Waals surface area (Å²) in [7, 11) is 3.85. The highest BCUT2D eigenvalue weighted by Crippen LogP contribution is 2.18. The average molecular weight is 446 g/mol. The van der Waals surface area contributed by atoms with E-state index in [-0.39, 0.29) is 24.0 Å². The molecule has 2 rings (SSSR count). The summed E-state index contributed by atoms with van der Waals surface area (Å²) in [6.45, 7) is 8.46. The van der Waals surface area contributed by atoms with E-state index in [1.54, 1.807) is 7.11 Å². The van der Waals surface area contributed by atoms with Crippen LogP contribution in [-0.4, -0.2) is 69.2 Å². The van der Waals surface area contributed by atoms with E-state index in [2.05, 4.69) is 53.4 Å². The second-order valence-corrected chi connectivity index (χ2v) is 5.97. The molecule has 0 radical (unpaired) electrons. The molecular weight excluding hydrogens is 415 g/mol. The first-order valence-corrected chi connectivity index (χ1v) is 8.52. The van der Waals surface area contributed by atoms with Gasteiger partial charge in [-0.3, -0.25) is 4.99 Å². The Bertz CT molecular complexity index is 510. The van der Waals surface area contributed by atoms with Crippen molar-refractivity contribution in [1.29, 1.82) is 0 Å². The smallest absolute Gasteiger partial charge is 0.194 e. The van der Waals surface area contributed by atoms with Gasteiger partial charge in [-0.05, 0) is 31.5 Å². The second kappa shape index (κ2) is 11.7. The van der Waals surface area contributed by atoms with Crippen LogP contribution in [0.15, 0.2) is 29.3 Å². The predicted molar refractivity (Wildman–Crippen MR) is 111 cm³/mol. The number of nitrogens with zero attached hydrogens (tertiary/aromatic N) is 3. The van der Waals surface area contributed by atoms with Crippen molar-refractivity contribution in [3.63, 3.8) is 0 Å². The number of ether oxygens (including phenoxy) is 1. The molecule has 1 N–H and O–H groups in total. The van der Waals surface area contributed by atoms with E-state index in [4.69, 9.17) is 9.73 Å². The van der Waals surface area contributed by atoms with E-state index >= 15 is 0 Å². The lowest BCUT2D eigenvalue weighted by atomic mass is 10.0. The zero-order valence-electron chi connectivity index (χ0n) is 15.1. The highest BCUT2D eigenvalue weighted by atomic mass is 127. The lowest BCUT2D eigenvalue weighted by Crippen LogP contribution is -2.44. The van der Waals surface area contributed by atoms with Crippen LogP contribution in [0.5, 0.6) is 0 Å². The summed E-state index contributed by atoms with van der Waals surface area (Å²) in [6.07, 6.45) is 1.09. The number of hydrogen-bond donors (Lipinski definition) is 1. The van der Waals surface area contributed by atoms with Crippen LogP contribution < -0.4 is 5.32 Å². The highest BCUT2D eigenvalue weighted by molar-refractivity contribution is 14.0. The Kier molecular flexibility index (Phi) is 10.3. The quantitative estimate of drug-likeness (QED) is 0.396. The van der Waals surface area contributed by atoms with Gasteiger partial charge in [-0.15, -0.1) is 24.0 Å². The number of halogens is 1. The Morgan fingerprint density at radius 2 is 2.04 bits per heavy atom. The molecule has 6 heteroatoms. The van der Waals surface area contributed by atoms with Gasteiger partial charge in [0.2, 0.25) is 0 Å². The molecule has 0 aromatic heterocycles. The van der Waals surface area contributed by atoms with Crippen LogP contribution in [0.1, 0.15) is 18.1 Å². The van der Waals surface area contributed by atoms with Gasteiger partial charge in [0, 0.05) is 39.8 Å². The van der Waals surface area contributed by atoms with Gasteiger partial charge in [-0.1, -0.05) is 24.3 Å². The summed E-state index contributed by atoms with van der Waals surface area (Å²) < 4.78 is 5.11. The Balaban J connectivity index is 0.00000288. The lowest BCUT2D eigenvalue weighted by molar-refractivity contribution is 0.162. The first kappa shape index (κ1) is 21.2. The van der Waals surface area contributed by atoms with Crippen LogP contribution in [0, 0.1) is 0 Å². The molecule has 0 saturated carbocycles. The molecule has 0 amide bonds. The zero-order chi connectivity index (χ0) is 16.5. The van der Waals surface area contributed by atoms with Crippen molar-refractivity contribution in [3.05, 3.63) is 35.4 Å². The highest BCUT2D eigenvalue weighted by Gasteiger charge is 2.18. The Hall–Kier alpha value is -0.860. The largest absolute Gasteiger partial charge is 0.383 e. The lowest BCUT2D eigenvalue weighted by Gasteiger charge is -2.31. The molecule has 0 unspecified atom stereocenters. The summed E-state index contributed by atoms with van der Waals surface area (Å²) in [5.41, 5.74) is 2.89. The van der Waals surface area contributed by atoms with E-state index in [1.165, 1.54) is 11.1 Å². The average Bonchev–Trinajstić information content (AvgIpc) is 2.58. The molecule has 1 aliphatic rings. The molecule has 0 fully saturated rings. The first-order chi connectivity index (χ1) is 11.2. The van der Waals surface area contributed by atoms with Gasteiger partial charge in [-0.25, -0.2) is 0 Å². The molecule has 0 aliphatic carbocycles. The molecule has 0 spiro atoms. The number of likely N-dealkylation sites (N-methyl/N-ethyl adjacent to an activating group) is 1. The molecular formula is C18H31IN4O. The molecule has 0 bridgehead atoms. The maximum absolute atomic E-state index is 5.11. The SMILES string of the molecule is CCNC(=NCCN(C)CCOC)N1CCc2ccccc2C1.I.